The van der Waals surface area contributed by atoms with Crippen molar-refractivity contribution < 1.29 is 14.3 Å². The lowest BCUT2D eigenvalue weighted by Crippen LogP contribution is -2.36. The number of hydrogen-bond donors (Lipinski definition) is 3. The number of aliphatic imine (C=N–C) groups is 1. The minimum absolute atomic E-state index is 0.211. The fraction of sp³-hybridized carbons (Fsp3) is 0.130. The number of aromatic nitrogens is 1. The van der Waals surface area contributed by atoms with Crippen molar-refractivity contribution in [1.82, 2.24) is 10.3 Å². The van der Waals surface area contributed by atoms with E-state index in [4.69, 9.17) is 4.74 Å². The number of pyridine rings is 1. The zero-order chi connectivity index (χ0) is 22.1. The highest BCUT2D eigenvalue weighted by molar-refractivity contribution is 6.10. The SMILES string of the molecule is COc1cccc(NC(=NCc2ccncc2)NC(=O)c2cccc(NC(C)=O)c2)c1. The van der Waals surface area contributed by atoms with Crippen LogP contribution in [-0.2, 0) is 11.3 Å². The van der Waals surface area contributed by atoms with Crippen molar-refractivity contribution in [3.63, 3.8) is 0 Å². The van der Waals surface area contributed by atoms with Crippen LogP contribution in [0.4, 0.5) is 11.4 Å². The second-order valence-corrected chi connectivity index (χ2v) is 6.59. The minimum Gasteiger partial charge on any atom is -0.497 e. The van der Waals surface area contributed by atoms with Gasteiger partial charge in [0.1, 0.15) is 5.75 Å². The lowest BCUT2D eigenvalue weighted by Gasteiger charge is -2.13. The van der Waals surface area contributed by atoms with Gasteiger partial charge in [-0.25, -0.2) is 4.99 Å². The summed E-state index contributed by atoms with van der Waals surface area (Å²) in [6.45, 7) is 1.76. The standard InChI is InChI=1S/C23H23N5O3/c1-16(29)26-19-6-3-5-18(13-19)22(30)28-23(25-15-17-9-11-24-12-10-17)27-20-7-4-8-21(14-20)31-2/h3-14H,15H2,1-2H3,(H,26,29)(H2,25,27,28,30). The Labute approximate surface area is 180 Å². The molecule has 3 rings (SSSR count). The lowest BCUT2D eigenvalue weighted by molar-refractivity contribution is -0.114. The predicted molar refractivity (Wildman–Crippen MR) is 120 cm³/mol. The van der Waals surface area contributed by atoms with Gasteiger partial charge in [0.15, 0.2) is 0 Å². The first kappa shape index (κ1) is 21.5. The Morgan fingerprint density at radius 1 is 0.968 bits per heavy atom. The van der Waals surface area contributed by atoms with E-state index in [1.165, 1.54) is 6.92 Å². The molecule has 0 radical (unpaired) electrons. The fourth-order valence-electron chi connectivity index (χ4n) is 2.73. The number of nitrogens with one attached hydrogen (secondary N) is 3. The summed E-state index contributed by atoms with van der Waals surface area (Å²) >= 11 is 0. The highest BCUT2D eigenvalue weighted by Crippen LogP contribution is 2.17. The second kappa shape index (κ2) is 10.5. The van der Waals surface area contributed by atoms with E-state index in [1.807, 2.05) is 30.3 Å². The third-order valence-electron chi connectivity index (χ3n) is 4.18. The Hall–Kier alpha value is -4.20. The quantitative estimate of drug-likeness (QED) is 0.421. The molecule has 0 atom stereocenters. The molecule has 0 aliphatic heterocycles. The smallest absolute Gasteiger partial charge is 0.258 e. The third kappa shape index (κ3) is 6.67. The molecule has 158 valence electrons. The summed E-state index contributed by atoms with van der Waals surface area (Å²) in [6, 6.07) is 17.7. The summed E-state index contributed by atoms with van der Waals surface area (Å²) < 4.78 is 5.25. The molecule has 0 spiro atoms. The van der Waals surface area contributed by atoms with Crippen LogP contribution in [0, 0.1) is 0 Å². The van der Waals surface area contributed by atoms with Crippen LogP contribution in [0.1, 0.15) is 22.8 Å². The summed E-state index contributed by atoms with van der Waals surface area (Å²) in [7, 11) is 1.58. The van der Waals surface area contributed by atoms with Crippen molar-refractivity contribution >= 4 is 29.1 Å². The minimum atomic E-state index is -0.365. The van der Waals surface area contributed by atoms with E-state index in [2.05, 4.69) is 25.9 Å². The van der Waals surface area contributed by atoms with Gasteiger partial charge in [-0.15, -0.1) is 0 Å². The predicted octanol–water partition coefficient (Wildman–Crippen LogP) is 3.45. The molecule has 2 aromatic carbocycles. The topological polar surface area (TPSA) is 105 Å². The number of hydrogen-bond acceptors (Lipinski definition) is 5. The number of carbonyl (C=O) groups is 2. The van der Waals surface area contributed by atoms with Crippen LogP contribution in [0.25, 0.3) is 0 Å². The summed E-state index contributed by atoms with van der Waals surface area (Å²) in [5, 5.41) is 8.59. The van der Waals surface area contributed by atoms with Crippen LogP contribution in [0.15, 0.2) is 78.0 Å². The van der Waals surface area contributed by atoms with Crippen molar-refractivity contribution in [1.29, 1.82) is 0 Å². The van der Waals surface area contributed by atoms with Gasteiger partial charge in [-0.3, -0.25) is 19.9 Å². The van der Waals surface area contributed by atoms with Gasteiger partial charge in [0.2, 0.25) is 11.9 Å². The molecule has 0 bridgehead atoms. The molecule has 8 heteroatoms. The normalized spacial score (nSPS) is 10.8. The van der Waals surface area contributed by atoms with Crippen molar-refractivity contribution in [2.45, 2.75) is 13.5 Å². The molecule has 8 nitrogen and oxygen atoms in total. The Bertz CT molecular complexity index is 1080. The molecule has 2 amide bonds. The lowest BCUT2D eigenvalue weighted by atomic mass is 10.2. The third-order valence-corrected chi connectivity index (χ3v) is 4.18. The van der Waals surface area contributed by atoms with Crippen molar-refractivity contribution in [3.05, 3.63) is 84.2 Å². The second-order valence-electron chi connectivity index (χ2n) is 6.59. The van der Waals surface area contributed by atoms with Crippen LogP contribution in [-0.4, -0.2) is 29.9 Å². The maximum atomic E-state index is 12.8. The number of nitrogens with zero attached hydrogens (tertiary/aromatic N) is 2. The van der Waals surface area contributed by atoms with E-state index in [0.717, 1.165) is 5.56 Å². The molecule has 1 aromatic heterocycles. The Balaban J connectivity index is 1.81. The molecule has 0 unspecified atom stereocenters. The number of guanidine groups is 1. The van der Waals surface area contributed by atoms with Gasteiger partial charge in [-0.2, -0.15) is 0 Å². The molecule has 1 heterocycles. The molecule has 0 aliphatic carbocycles. The maximum absolute atomic E-state index is 12.8. The van der Waals surface area contributed by atoms with Crippen LogP contribution in [0.3, 0.4) is 0 Å². The van der Waals surface area contributed by atoms with Crippen LogP contribution < -0.4 is 20.7 Å². The number of carbonyl (C=O) groups excluding carboxylic acids is 2. The average molecular weight is 417 g/mol. The molecule has 0 saturated heterocycles. The summed E-state index contributed by atoms with van der Waals surface area (Å²) in [5.41, 5.74) is 2.58. The highest BCUT2D eigenvalue weighted by atomic mass is 16.5. The summed E-state index contributed by atoms with van der Waals surface area (Å²) in [6.07, 6.45) is 3.37. The number of methoxy groups -OCH3 is 1. The van der Waals surface area contributed by atoms with Crippen molar-refractivity contribution in [2.24, 2.45) is 4.99 Å². The van der Waals surface area contributed by atoms with Crippen molar-refractivity contribution in [2.75, 3.05) is 17.7 Å². The summed E-state index contributed by atoms with van der Waals surface area (Å²) in [5.74, 6) is 0.376. The highest BCUT2D eigenvalue weighted by Gasteiger charge is 2.11. The van der Waals surface area contributed by atoms with Gasteiger partial charge in [0.05, 0.1) is 13.7 Å². The van der Waals surface area contributed by atoms with Gasteiger partial charge in [0, 0.05) is 42.3 Å². The molecular formula is C23H23N5O3. The molecule has 0 aliphatic rings. The number of amides is 2. The molecule has 31 heavy (non-hydrogen) atoms. The van der Waals surface area contributed by atoms with Crippen molar-refractivity contribution in [3.8, 4) is 5.75 Å². The van der Waals surface area contributed by atoms with Gasteiger partial charge < -0.3 is 15.4 Å². The van der Waals surface area contributed by atoms with Gasteiger partial charge in [-0.1, -0.05) is 12.1 Å². The van der Waals surface area contributed by atoms with Gasteiger partial charge in [-0.05, 0) is 48.0 Å². The summed E-state index contributed by atoms with van der Waals surface area (Å²) in [4.78, 5) is 32.6. The Kier molecular flexibility index (Phi) is 7.31. The van der Waals surface area contributed by atoms with E-state index in [0.29, 0.717) is 29.2 Å². The zero-order valence-corrected chi connectivity index (χ0v) is 17.3. The molecule has 3 aromatic rings. The van der Waals surface area contributed by atoms with E-state index in [9.17, 15) is 9.59 Å². The van der Waals surface area contributed by atoms with Crippen LogP contribution in [0.5, 0.6) is 5.75 Å². The van der Waals surface area contributed by atoms with Crippen LogP contribution >= 0.6 is 0 Å². The maximum Gasteiger partial charge on any atom is 0.258 e. The Morgan fingerprint density at radius 3 is 2.39 bits per heavy atom. The zero-order valence-electron chi connectivity index (χ0n) is 17.3. The van der Waals surface area contributed by atoms with E-state index >= 15 is 0 Å². The van der Waals surface area contributed by atoms with Gasteiger partial charge in [0.25, 0.3) is 5.91 Å². The first-order chi connectivity index (χ1) is 15.0. The Morgan fingerprint density at radius 2 is 1.68 bits per heavy atom. The molecule has 3 N–H and O–H groups in total. The van der Waals surface area contributed by atoms with E-state index in [1.54, 1.807) is 49.8 Å². The fourth-order valence-corrected chi connectivity index (χ4v) is 2.73. The average Bonchev–Trinajstić information content (AvgIpc) is 2.78. The number of rotatable bonds is 6. The number of benzene rings is 2. The van der Waals surface area contributed by atoms with Gasteiger partial charge >= 0.3 is 0 Å². The first-order valence-electron chi connectivity index (χ1n) is 9.57. The first-order valence-corrected chi connectivity index (χ1v) is 9.57. The molecular weight excluding hydrogens is 394 g/mol. The molecule has 0 saturated carbocycles. The number of anilines is 2. The van der Waals surface area contributed by atoms with E-state index < -0.39 is 0 Å². The molecule has 0 fully saturated rings. The number of ether oxygens (including phenoxy) is 1. The monoisotopic (exact) mass is 417 g/mol. The van der Waals surface area contributed by atoms with E-state index in [-0.39, 0.29) is 17.8 Å². The van der Waals surface area contributed by atoms with Crippen LogP contribution in [0.2, 0.25) is 0 Å². The largest absolute Gasteiger partial charge is 0.497 e.